The van der Waals surface area contributed by atoms with Gasteiger partial charge in [0.25, 0.3) is 5.91 Å². The number of imidazole rings is 1. The molecule has 0 radical (unpaired) electrons. The maximum absolute atomic E-state index is 13.3. The van der Waals surface area contributed by atoms with Crippen molar-refractivity contribution in [3.05, 3.63) is 35.8 Å². The van der Waals surface area contributed by atoms with Gasteiger partial charge in [0.05, 0.1) is 24.5 Å². The molecule has 3 aromatic rings. The smallest absolute Gasteiger partial charge is 0.256 e. The van der Waals surface area contributed by atoms with E-state index in [0.29, 0.717) is 35.7 Å². The van der Waals surface area contributed by atoms with Gasteiger partial charge in [-0.3, -0.25) is 4.79 Å². The molecule has 1 atom stereocenters. The molecule has 3 aromatic heterocycles. The first-order chi connectivity index (χ1) is 13.6. The molecular formula is C19H23N7O2. The lowest BCUT2D eigenvalue weighted by Crippen LogP contribution is -2.41. The van der Waals surface area contributed by atoms with E-state index in [4.69, 9.17) is 4.74 Å². The summed E-state index contributed by atoms with van der Waals surface area (Å²) >= 11 is 0. The molecule has 1 saturated heterocycles. The molecular weight excluding hydrogens is 358 g/mol. The van der Waals surface area contributed by atoms with Gasteiger partial charge in [0.2, 0.25) is 0 Å². The number of fused-ring (bicyclic) bond motifs is 2. The Bertz CT molecular complexity index is 1030. The SMILES string of the molecule is C[C@H]1CN(C(=O)c2ccnc3c2ncn3C)Cc2nnc(C3CCOCC3)n21. The van der Waals surface area contributed by atoms with E-state index in [0.717, 1.165) is 37.7 Å². The van der Waals surface area contributed by atoms with Crippen molar-refractivity contribution in [3.8, 4) is 0 Å². The van der Waals surface area contributed by atoms with Crippen molar-refractivity contribution in [1.29, 1.82) is 0 Å². The van der Waals surface area contributed by atoms with Crippen LogP contribution in [0.15, 0.2) is 18.6 Å². The molecule has 2 aliphatic heterocycles. The highest BCUT2D eigenvalue weighted by Gasteiger charge is 2.33. The summed E-state index contributed by atoms with van der Waals surface area (Å²) in [6.45, 7) is 4.74. The van der Waals surface area contributed by atoms with Crippen LogP contribution in [0.5, 0.6) is 0 Å². The Hall–Kier alpha value is -2.81. The molecule has 9 heteroatoms. The highest BCUT2D eigenvalue weighted by Crippen LogP contribution is 2.31. The van der Waals surface area contributed by atoms with E-state index < -0.39 is 0 Å². The summed E-state index contributed by atoms with van der Waals surface area (Å²) in [6, 6.07) is 1.87. The molecule has 0 aliphatic carbocycles. The molecule has 0 bridgehead atoms. The Labute approximate surface area is 162 Å². The first-order valence-corrected chi connectivity index (χ1v) is 9.70. The molecule has 146 valence electrons. The highest BCUT2D eigenvalue weighted by atomic mass is 16.5. The van der Waals surface area contributed by atoms with E-state index in [-0.39, 0.29) is 11.9 Å². The Balaban J connectivity index is 1.44. The molecule has 9 nitrogen and oxygen atoms in total. The van der Waals surface area contributed by atoms with Gasteiger partial charge in [0.15, 0.2) is 11.5 Å². The fraction of sp³-hybridized carbons (Fsp3) is 0.526. The summed E-state index contributed by atoms with van der Waals surface area (Å²) in [5.74, 6) is 2.22. The molecule has 0 N–H and O–H groups in total. The van der Waals surface area contributed by atoms with Gasteiger partial charge in [0, 0.05) is 38.9 Å². The van der Waals surface area contributed by atoms with E-state index in [1.807, 2.05) is 16.5 Å². The third-order valence-corrected chi connectivity index (χ3v) is 5.75. The lowest BCUT2D eigenvalue weighted by molar-refractivity contribution is 0.0670. The van der Waals surface area contributed by atoms with Gasteiger partial charge in [-0.05, 0) is 25.8 Å². The lowest BCUT2D eigenvalue weighted by Gasteiger charge is -2.34. The number of aryl methyl sites for hydroxylation is 1. The summed E-state index contributed by atoms with van der Waals surface area (Å²) in [5.41, 5.74) is 1.92. The van der Waals surface area contributed by atoms with Crippen LogP contribution in [-0.4, -0.2) is 59.9 Å². The van der Waals surface area contributed by atoms with Crippen molar-refractivity contribution >= 4 is 17.1 Å². The zero-order chi connectivity index (χ0) is 19.3. The van der Waals surface area contributed by atoms with E-state index in [1.54, 1.807) is 18.6 Å². The van der Waals surface area contributed by atoms with E-state index >= 15 is 0 Å². The molecule has 0 spiro atoms. The van der Waals surface area contributed by atoms with Gasteiger partial charge >= 0.3 is 0 Å². The summed E-state index contributed by atoms with van der Waals surface area (Å²) in [4.78, 5) is 23.8. The number of ether oxygens (including phenoxy) is 1. The largest absolute Gasteiger partial charge is 0.381 e. The average Bonchev–Trinajstić information content (AvgIpc) is 3.32. The normalized spacial score (nSPS) is 20.5. The number of pyridine rings is 1. The van der Waals surface area contributed by atoms with Gasteiger partial charge in [-0.1, -0.05) is 0 Å². The Morgan fingerprint density at radius 2 is 2.04 bits per heavy atom. The minimum Gasteiger partial charge on any atom is -0.381 e. The predicted octanol–water partition coefficient (Wildman–Crippen LogP) is 1.67. The van der Waals surface area contributed by atoms with Crippen LogP contribution in [0.2, 0.25) is 0 Å². The van der Waals surface area contributed by atoms with Gasteiger partial charge in [-0.2, -0.15) is 0 Å². The number of hydrogen-bond donors (Lipinski definition) is 0. The monoisotopic (exact) mass is 381 g/mol. The number of aromatic nitrogens is 6. The van der Waals surface area contributed by atoms with Gasteiger partial charge < -0.3 is 18.8 Å². The van der Waals surface area contributed by atoms with Crippen molar-refractivity contribution in [1.82, 2.24) is 34.2 Å². The van der Waals surface area contributed by atoms with Gasteiger partial charge in [-0.25, -0.2) is 9.97 Å². The summed E-state index contributed by atoms with van der Waals surface area (Å²) < 4.78 is 9.53. The first kappa shape index (κ1) is 17.3. The molecule has 28 heavy (non-hydrogen) atoms. The molecule has 5 rings (SSSR count). The molecule has 0 unspecified atom stereocenters. The zero-order valence-electron chi connectivity index (χ0n) is 16.1. The van der Waals surface area contributed by atoms with Crippen molar-refractivity contribution in [2.45, 2.75) is 38.3 Å². The third-order valence-electron chi connectivity index (χ3n) is 5.75. The Morgan fingerprint density at radius 3 is 2.86 bits per heavy atom. The number of hydrogen-bond acceptors (Lipinski definition) is 6. The number of carbonyl (C=O) groups excluding carboxylic acids is 1. The summed E-state index contributed by atoms with van der Waals surface area (Å²) in [6.07, 6.45) is 5.30. The molecule has 0 aromatic carbocycles. The molecule has 1 fully saturated rings. The highest BCUT2D eigenvalue weighted by molar-refractivity contribution is 6.04. The number of rotatable bonds is 2. The van der Waals surface area contributed by atoms with Crippen molar-refractivity contribution < 1.29 is 9.53 Å². The van der Waals surface area contributed by atoms with Gasteiger partial charge in [0.1, 0.15) is 11.3 Å². The Kier molecular flexibility index (Phi) is 4.12. The second-order valence-corrected chi connectivity index (χ2v) is 7.65. The molecule has 1 amide bonds. The standard InChI is InChI=1S/C19H23N7O2/c1-12-9-25(19(27)14-3-6-20-18-16(14)21-11-24(18)2)10-15-22-23-17(26(12)15)13-4-7-28-8-5-13/h3,6,11-13H,4-5,7-10H2,1-2H3/t12-/m0/s1. The van der Waals surface area contributed by atoms with E-state index in [2.05, 4.69) is 31.7 Å². The van der Waals surface area contributed by atoms with E-state index in [1.165, 1.54) is 0 Å². The fourth-order valence-corrected chi connectivity index (χ4v) is 4.32. The van der Waals surface area contributed by atoms with Crippen molar-refractivity contribution in [3.63, 3.8) is 0 Å². The number of carbonyl (C=O) groups is 1. The van der Waals surface area contributed by atoms with E-state index in [9.17, 15) is 4.79 Å². The van der Waals surface area contributed by atoms with Crippen LogP contribution in [-0.2, 0) is 18.3 Å². The second-order valence-electron chi connectivity index (χ2n) is 7.65. The molecule has 5 heterocycles. The van der Waals surface area contributed by atoms with Crippen molar-refractivity contribution in [2.75, 3.05) is 19.8 Å². The van der Waals surface area contributed by atoms with Crippen LogP contribution >= 0.6 is 0 Å². The topological polar surface area (TPSA) is 91.0 Å². The number of amides is 1. The zero-order valence-corrected chi connectivity index (χ0v) is 16.1. The van der Waals surface area contributed by atoms with Crippen LogP contribution < -0.4 is 0 Å². The minimum absolute atomic E-state index is 0.0418. The second kappa shape index (κ2) is 6.66. The van der Waals surface area contributed by atoms with Crippen molar-refractivity contribution in [2.24, 2.45) is 7.05 Å². The average molecular weight is 381 g/mol. The molecule has 2 aliphatic rings. The third kappa shape index (κ3) is 2.69. The predicted molar refractivity (Wildman–Crippen MR) is 101 cm³/mol. The maximum Gasteiger partial charge on any atom is 0.256 e. The van der Waals surface area contributed by atoms with Crippen LogP contribution in [0.4, 0.5) is 0 Å². The Morgan fingerprint density at radius 1 is 1.21 bits per heavy atom. The van der Waals surface area contributed by atoms with Crippen LogP contribution in [0.1, 0.15) is 53.7 Å². The van der Waals surface area contributed by atoms with Crippen LogP contribution in [0, 0.1) is 0 Å². The summed E-state index contributed by atoms with van der Waals surface area (Å²) in [5, 5.41) is 8.91. The van der Waals surface area contributed by atoms with Crippen LogP contribution in [0.3, 0.4) is 0 Å². The van der Waals surface area contributed by atoms with Gasteiger partial charge in [-0.15, -0.1) is 10.2 Å². The lowest BCUT2D eigenvalue weighted by atomic mass is 9.98. The maximum atomic E-state index is 13.3. The fourth-order valence-electron chi connectivity index (χ4n) is 4.32. The summed E-state index contributed by atoms with van der Waals surface area (Å²) in [7, 11) is 1.87. The minimum atomic E-state index is -0.0418. The quantitative estimate of drug-likeness (QED) is 0.671. The first-order valence-electron chi connectivity index (χ1n) is 9.70. The number of nitrogens with zero attached hydrogens (tertiary/aromatic N) is 7. The van der Waals surface area contributed by atoms with Crippen LogP contribution in [0.25, 0.3) is 11.2 Å². The molecule has 0 saturated carbocycles.